The number of carbonyl (C=O) groups is 1. The fraction of sp³-hybridized carbons (Fsp3) is 0.957. The van der Waals surface area contributed by atoms with Crippen molar-refractivity contribution in [3.63, 3.8) is 0 Å². The second-order valence-electron chi connectivity index (χ2n) is 8.24. The molecule has 0 heterocycles. The molecule has 0 aliphatic rings. The molecule has 8 nitrogen and oxygen atoms in total. The predicted octanol–water partition coefficient (Wildman–Crippen LogP) is 2.48. The van der Waals surface area contributed by atoms with E-state index in [0.717, 1.165) is 6.42 Å². The van der Waals surface area contributed by atoms with E-state index in [9.17, 15) is 4.79 Å². The van der Waals surface area contributed by atoms with E-state index in [1.165, 1.54) is 0 Å². The highest BCUT2D eigenvalue weighted by molar-refractivity contribution is 5.82. The number of nitrogens with one attached hydrogen (secondary N) is 1. The topological polar surface area (TPSA) is 84.5 Å². The van der Waals surface area contributed by atoms with Crippen molar-refractivity contribution in [1.82, 2.24) is 5.32 Å². The van der Waals surface area contributed by atoms with Gasteiger partial charge in [-0.3, -0.25) is 4.79 Å². The van der Waals surface area contributed by atoms with Gasteiger partial charge in [-0.15, -0.1) is 0 Å². The lowest BCUT2D eigenvalue weighted by atomic mass is 10.1. The molecule has 1 N–H and O–H groups in total. The Morgan fingerprint density at radius 2 is 1.10 bits per heavy atom. The van der Waals surface area contributed by atoms with Gasteiger partial charge in [0.2, 0.25) is 0 Å². The number of Topliss-reactive ketones (excluding diaryl/α,β-unsaturated/α-hetero) is 1. The van der Waals surface area contributed by atoms with Crippen molar-refractivity contribution in [1.29, 1.82) is 0 Å². The molecule has 0 aromatic rings. The third-order valence-electron chi connectivity index (χ3n) is 4.24. The zero-order valence-corrected chi connectivity index (χ0v) is 20.7. The normalized spacial score (nSPS) is 12.9. The molecule has 0 rings (SSSR count). The zero-order chi connectivity index (χ0) is 23.3. The van der Waals surface area contributed by atoms with Crippen molar-refractivity contribution in [2.75, 3.05) is 72.6 Å². The molecular weight excluding hydrogens is 402 g/mol. The van der Waals surface area contributed by atoms with E-state index in [1.807, 2.05) is 41.5 Å². The lowest BCUT2D eigenvalue weighted by Gasteiger charge is -2.19. The van der Waals surface area contributed by atoms with Crippen LogP contribution in [-0.4, -0.2) is 96.6 Å². The van der Waals surface area contributed by atoms with Gasteiger partial charge in [-0.2, -0.15) is 0 Å². The van der Waals surface area contributed by atoms with Crippen molar-refractivity contribution >= 4 is 5.78 Å². The van der Waals surface area contributed by atoms with Crippen LogP contribution in [0, 0.1) is 5.92 Å². The standard InChI is InChI=1S/C23H47NO7/c1-19(2)23(25)17-24-22(18-29-12-11-28-14-16-31-21(5)6)7-8-26-9-10-27-13-15-30-20(3)4/h19-22,24H,7-18H2,1-6H3. The summed E-state index contributed by atoms with van der Waals surface area (Å²) in [5.41, 5.74) is 0. The molecule has 8 heteroatoms. The van der Waals surface area contributed by atoms with Crippen LogP contribution in [0.4, 0.5) is 0 Å². The fourth-order valence-corrected chi connectivity index (χ4v) is 2.37. The summed E-state index contributed by atoms with van der Waals surface area (Å²) >= 11 is 0. The molecule has 0 saturated heterocycles. The van der Waals surface area contributed by atoms with Crippen LogP contribution in [0.15, 0.2) is 0 Å². The predicted molar refractivity (Wildman–Crippen MR) is 122 cm³/mol. The van der Waals surface area contributed by atoms with E-state index in [-0.39, 0.29) is 30.0 Å². The van der Waals surface area contributed by atoms with Crippen LogP contribution < -0.4 is 5.32 Å². The highest BCUT2D eigenvalue weighted by Gasteiger charge is 2.13. The van der Waals surface area contributed by atoms with Crippen molar-refractivity contribution in [3.8, 4) is 0 Å². The van der Waals surface area contributed by atoms with Gasteiger partial charge in [-0.25, -0.2) is 0 Å². The third kappa shape index (κ3) is 22.4. The van der Waals surface area contributed by atoms with Gasteiger partial charge < -0.3 is 33.7 Å². The quantitative estimate of drug-likeness (QED) is 0.238. The molecule has 0 fully saturated rings. The van der Waals surface area contributed by atoms with Gasteiger partial charge in [0.15, 0.2) is 0 Å². The second-order valence-corrected chi connectivity index (χ2v) is 8.24. The molecule has 0 aromatic carbocycles. The number of hydrogen-bond acceptors (Lipinski definition) is 8. The van der Waals surface area contributed by atoms with Crippen LogP contribution in [0.1, 0.15) is 48.0 Å². The van der Waals surface area contributed by atoms with E-state index in [2.05, 4.69) is 5.32 Å². The van der Waals surface area contributed by atoms with Gasteiger partial charge >= 0.3 is 0 Å². The minimum absolute atomic E-state index is 0.0172. The Morgan fingerprint density at radius 3 is 1.58 bits per heavy atom. The Morgan fingerprint density at radius 1 is 0.645 bits per heavy atom. The van der Waals surface area contributed by atoms with Crippen molar-refractivity contribution in [3.05, 3.63) is 0 Å². The average Bonchev–Trinajstić information content (AvgIpc) is 2.71. The Labute approximate surface area is 189 Å². The molecule has 0 aromatic heterocycles. The van der Waals surface area contributed by atoms with E-state index < -0.39 is 0 Å². The molecule has 31 heavy (non-hydrogen) atoms. The average molecular weight is 450 g/mol. The summed E-state index contributed by atoms with van der Waals surface area (Å²) in [7, 11) is 0. The summed E-state index contributed by atoms with van der Waals surface area (Å²) in [6.45, 7) is 17.7. The Bertz CT molecular complexity index is 405. The van der Waals surface area contributed by atoms with Gasteiger partial charge in [0.25, 0.3) is 0 Å². The number of carbonyl (C=O) groups excluding carboxylic acids is 1. The lowest BCUT2D eigenvalue weighted by Crippen LogP contribution is -2.39. The van der Waals surface area contributed by atoms with E-state index in [1.54, 1.807) is 0 Å². The molecule has 0 aliphatic heterocycles. The zero-order valence-electron chi connectivity index (χ0n) is 20.7. The Kier molecular flexibility index (Phi) is 20.8. The number of rotatable bonds is 23. The highest BCUT2D eigenvalue weighted by Crippen LogP contribution is 1.99. The summed E-state index contributed by atoms with van der Waals surface area (Å²) in [6.07, 6.45) is 1.19. The fourth-order valence-electron chi connectivity index (χ4n) is 2.37. The molecule has 0 bridgehead atoms. The maximum Gasteiger partial charge on any atom is 0.149 e. The smallest absolute Gasteiger partial charge is 0.149 e. The second kappa shape index (κ2) is 21.2. The lowest BCUT2D eigenvalue weighted by molar-refractivity contribution is -0.121. The van der Waals surface area contributed by atoms with E-state index in [4.69, 9.17) is 28.4 Å². The van der Waals surface area contributed by atoms with Crippen molar-refractivity contribution in [2.24, 2.45) is 5.92 Å². The van der Waals surface area contributed by atoms with Gasteiger partial charge in [0, 0.05) is 18.6 Å². The molecule has 0 spiro atoms. The SMILES string of the molecule is CC(C)OCCOCCOCCC(COCCOCCOC(C)C)NCC(=O)C(C)C. The first-order chi connectivity index (χ1) is 14.8. The van der Waals surface area contributed by atoms with Crippen LogP contribution in [0.2, 0.25) is 0 Å². The summed E-state index contributed by atoms with van der Waals surface area (Å²) in [4.78, 5) is 11.9. The highest BCUT2D eigenvalue weighted by atomic mass is 16.6. The first-order valence-corrected chi connectivity index (χ1v) is 11.6. The summed E-state index contributed by atoms with van der Waals surface area (Å²) < 4.78 is 33.2. The molecule has 1 atom stereocenters. The molecule has 0 aliphatic carbocycles. The van der Waals surface area contributed by atoms with E-state index >= 15 is 0 Å². The van der Waals surface area contributed by atoms with E-state index in [0.29, 0.717) is 72.6 Å². The third-order valence-corrected chi connectivity index (χ3v) is 4.24. The summed E-state index contributed by atoms with van der Waals surface area (Å²) in [5, 5.41) is 3.29. The van der Waals surface area contributed by atoms with Crippen LogP contribution in [0.3, 0.4) is 0 Å². The first kappa shape index (κ1) is 30.4. The monoisotopic (exact) mass is 449 g/mol. The maximum atomic E-state index is 11.9. The minimum atomic E-state index is 0.0172. The van der Waals surface area contributed by atoms with Gasteiger partial charge in [0.1, 0.15) is 5.78 Å². The van der Waals surface area contributed by atoms with Gasteiger partial charge in [-0.05, 0) is 34.1 Å². The van der Waals surface area contributed by atoms with Gasteiger partial charge in [0.05, 0.1) is 78.2 Å². The van der Waals surface area contributed by atoms with Crippen LogP contribution in [0.5, 0.6) is 0 Å². The number of ketones is 1. The summed E-state index contributed by atoms with van der Waals surface area (Å²) in [6, 6.07) is 0.0485. The van der Waals surface area contributed by atoms with Crippen LogP contribution in [-0.2, 0) is 33.2 Å². The molecule has 1 unspecified atom stereocenters. The minimum Gasteiger partial charge on any atom is -0.379 e. The van der Waals surface area contributed by atoms with Gasteiger partial charge in [-0.1, -0.05) is 13.8 Å². The Hall–Kier alpha value is -0.610. The van der Waals surface area contributed by atoms with Crippen LogP contribution in [0.25, 0.3) is 0 Å². The molecule has 186 valence electrons. The van der Waals surface area contributed by atoms with Crippen LogP contribution >= 0.6 is 0 Å². The number of ether oxygens (including phenoxy) is 6. The largest absolute Gasteiger partial charge is 0.379 e. The number of hydrogen-bond donors (Lipinski definition) is 1. The summed E-state index contributed by atoms with van der Waals surface area (Å²) in [5.74, 6) is 0.208. The molecule has 0 saturated carbocycles. The molecular formula is C23H47NO7. The molecule has 0 radical (unpaired) electrons. The van der Waals surface area contributed by atoms with Crippen molar-refractivity contribution < 1.29 is 33.2 Å². The first-order valence-electron chi connectivity index (χ1n) is 11.6. The Balaban J connectivity index is 3.91. The maximum absolute atomic E-state index is 11.9. The van der Waals surface area contributed by atoms with Crippen molar-refractivity contribution in [2.45, 2.75) is 66.2 Å². The molecule has 0 amide bonds.